The number of hydrogen-bond donors (Lipinski definition) is 0. The molecule has 0 atom stereocenters. The van der Waals surface area contributed by atoms with Crippen LogP contribution in [0, 0.1) is 5.82 Å². The number of rotatable bonds is 4. The van der Waals surface area contributed by atoms with Crippen LogP contribution >= 0.6 is 39.0 Å². The third-order valence-electron chi connectivity index (χ3n) is 2.11. The molecule has 88 valence electrons. The number of Topliss-reactive ketones (excluding diaryl/α,β-unsaturated/α-hetero) is 1. The molecule has 0 fully saturated rings. The quantitative estimate of drug-likeness (QED) is 0.600. The van der Waals surface area contributed by atoms with Gasteiger partial charge in [0.25, 0.3) is 0 Å². The summed E-state index contributed by atoms with van der Waals surface area (Å²) in [6, 6.07) is 6.47. The molecule has 1 aromatic carbocycles. The smallest absolute Gasteiger partial charge is 0.175 e. The molecule has 0 aliphatic heterocycles. The van der Waals surface area contributed by atoms with E-state index in [0.717, 1.165) is 4.47 Å². The number of thiophene rings is 1. The molecule has 2 rings (SSSR count). The monoisotopic (exact) mass is 330 g/mol. The Hall–Kier alpha value is -0.650. The standard InChI is InChI=1S/C12H8BrFOS2/c13-9-6-16-5-8(9)11(15)7-17-12-4-2-1-3-10(12)14/h1-6H,7H2. The molecule has 0 aliphatic rings. The van der Waals surface area contributed by atoms with Crippen LogP contribution in [0.1, 0.15) is 10.4 Å². The zero-order valence-electron chi connectivity index (χ0n) is 8.65. The van der Waals surface area contributed by atoms with Crippen molar-refractivity contribution in [2.75, 3.05) is 5.75 Å². The molecule has 0 unspecified atom stereocenters. The van der Waals surface area contributed by atoms with Crippen molar-refractivity contribution >= 4 is 44.8 Å². The van der Waals surface area contributed by atoms with Crippen molar-refractivity contribution in [2.45, 2.75) is 4.90 Å². The van der Waals surface area contributed by atoms with Crippen LogP contribution in [0.4, 0.5) is 4.39 Å². The van der Waals surface area contributed by atoms with Gasteiger partial charge >= 0.3 is 0 Å². The Kier molecular flexibility index (Phi) is 4.36. The molecule has 1 heterocycles. The number of ketones is 1. The second-order valence-corrected chi connectivity index (χ2v) is 5.89. The summed E-state index contributed by atoms with van der Waals surface area (Å²) in [6.45, 7) is 0. The predicted molar refractivity (Wildman–Crippen MR) is 73.5 cm³/mol. The van der Waals surface area contributed by atoms with Crippen LogP contribution in [-0.4, -0.2) is 11.5 Å². The summed E-state index contributed by atoms with van der Waals surface area (Å²) >= 11 is 6.00. The van der Waals surface area contributed by atoms with Crippen molar-refractivity contribution in [2.24, 2.45) is 0 Å². The minimum absolute atomic E-state index is 0.00591. The van der Waals surface area contributed by atoms with Gasteiger partial charge in [0.15, 0.2) is 5.78 Å². The van der Waals surface area contributed by atoms with Gasteiger partial charge in [-0.25, -0.2) is 4.39 Å². The summed E-state index contributed by atoms with van der Waals surface area (Å²) in [7, 11) is 0. The first kappa shape index (κ1) is 12.8. The number of carbonyl (C=O) groups is 1. The van der Waals surface area contributed by atoms with Crippen LogP contribution in [0.5, 0.6) is 0 Å². The van der Waals surface area contributed by atoms with Crippen molar-refractivity contribution in [3.05, 3.63) is 50.9 Å². The summed E-state index contributed by atoms with van der Waals surface area (Å²) in [5.41, 5.74) is 0.666. The Morgan fingerprint density at radius 2 is 2.12 bits per heavy atom. The predicted octanol–water partition coefficient (Wildman–Crippen LogP) is 4.62. The molecule has 2 aromatic rings. The molecule has 0 amide bonds. The highest BCUT2D eigenvalue weighted by atomic mass is 79.9. The second kappa shape index (κ2) is 5.80. The summed E-state index contributed by atoms with van der Waals surface area (Å²) in [5, 5.41) is 3.66. The first-order valence-electron chi connectivity index (χ1n) is 4.80. The summed E-state index contributed by atoms with van der Waals surface area (Å²) in [6.07, 6.45) is 0. The van der Waals surface area contributed by atoms with E-state index >= 15 is 0 Å². The average molecular weight is 331 g/mol. The fourth-order valence-electron chi connectivity index (χ4n) is 1.26. The molecule has 0 N–H and O–H groups in total. The molecule has 0 saturated carbocycles. The van der Waals surface area contributed by atoms with Crippen molar-refractivity contribution in [1.29, 1.82) is 0 Å². The van der Waals surface area contributed by atoms with Gasteiger partial charge in [-0.15, -0.1) is 11.8 Å². The lowest BCUT2D eigenvalue weighted by Crippen LogP contribution is -2.01. The van der Waals surface area contributed by atoms with Gasteiger partial charge in [0.05, 0.1) is 5.75 Å². The summed E-state index contributed by atoms with van der Waals surface area (Å²) in [4.78, 5) is 12.4. The lowest BCUT2D eigenvalue weighted by Gasteiger charge is -2.01. The maximum atomic E-state index is 13.3. The van der Waals surface area contributed by atoms with Gasteiger partial charge in [0.2, 0.25) is 0 Å². The molecule has 0 radical (unpaired) electrons. The lowest BCUT2D eigenvalue weighted by atomic mass is 10.2. The van der Waals surface area contributed by atoms with Crippen LogP contribution in [0.25, 0.3) is 0 Å². The Labute approximate surface area is 115 Å². The van der Waals surface area contributed by atoms with E-state index in [9.17, 15) is 9.18 Å². The Bertz CT molecular complexity index is 539. The van der Waals surface area contributed by atoms with Crippen molar-refractivity contribution in [3.63, 3.8) is 0 Å². The van der Waals surface area contributed by atoms with Crippen LogP contribution in [-0.2, 0) is 0 Å². The Morgan fingerprint density at radius 3 is 2.76 bits per heavy atom. The Balaban J connectivity index is 2.02. The van der Waals surface area contributed by atoms with Gasteiger partial charge in [0, 0.05) is 25.7 Å². The molecule has 1 nitrogen and oxygen atoms in total. The van der Waals surface area contributed by atoms with Crippen molar-refractivity contribution in [3.8, 4) is 0 Å². The summed E-state index contributed by atoms with van der Waals surface area (Å²) < 4.78 is 14.1. The molecular formula is C12H8BrFOS2. The molecule has 0 saturated heterocycles. The van der Waals surface area contributed by atoms with Gasteiger partial charge in [-0.1, -0.05) is 12.1 Å². The van der Waals surface area contributed by atoms with E-state index in [2.05, 4.69) is 15.9 Å². The number of thioether (sulfide) groups is 1. The topological polar surface area (TPSA) is 17.1 Å². The first-order chi connectivity index (χ1) is 8.18. The molecular weight excluding hydrogens is 323 g/mol. The lowest BCUT2D eigenvalue weighted by molar-refractivity contribution is 0.102. The van der Waals surface area contributed by atoms with Crippen LogP contribution in [0.3, 0.4) is 0 Å². The van der Waals surface area contributed by atoms with Crippen molar-refractivity contribution < 1.29 is 9.18 Å². The minimum atomic E-state index is -0.283. The van der Waals surface area contributed by atoms with Gasteiger partial charge in [-0.3, -0.25) is 4.79 Å². The molecule has 0 aliphatic carbocycles. The van der Waals surface area contributed by atoms with E-state index in [0.29, 0.717) is 10.5 Å². The van der Waals surface area contributed by atoms with E-state index in [1.807, 2.05) is 5.38 Å². The third kappa shape index (κ3) is 3.18. The Morgan fingerprint density at radius 1 is 1.35 bits per heavy atom. The van der Waals surface area contributed by atoms with Gasteiger partial charge in [-0.05, 0) is 28.1 Å². The molecule has 0 bridgehead atoms. The van der Waals surface area contributed by atoms with Crippen LogP contribution < -0.4 is 0 Å². The fraction of sp³-hybridized carbons (Fsp3) is 0.0833. The highest BCUT2D eigenvalue weighted by Gasteiger charge is 2.12. The van der Waals surface area contributed by atoms with Gasteiger partial charge in [-0.2, -0.15) is 11.3 Å². The molecule has 0 spiro atoms. The zero-order valence-corrected chi connectivity index (χ0v) is 11.9. The largest absolute Gasteiger partial charge is 0.293 e. The van der Waals surface area contributed by atoms with Crippen LogP contribution in [0.2, 0.25) is 0 Å². The highest BCUT2D eigenvalue weighted by molar-refractivity contribution is 9.10. The van der Waals surface area contributed by atoms with E-state index < -0.39 is 0 Å². The number of carbonyl (C=O) groups excluding carboxylic acids is 1. The molecule has 5 heteroatoms. The van der Waals surface area contributed by atoms with Crippen LogP contribution in [0.15, 0.2) is 44.4 Å². The van der Waals surface area contributed by atoms with Gasteiger partial charge in [0.1, 0.15) is 5.82 Å². The third-order valence-corrected chi connectivity index (χ3v) is 4.86. The highest BCUT2D eigenvalue weighted by Crippen LogP contribution is 2.26. The number of halogens is 2. The van der Waals surface area contributed by atoms with E-state index in [-0.39, 0.29) is 17.4 Å². The van der Waals surface area contributed by atoms with E-state index in [1.165, 1.54) is 29.2 Å². The van der Waals surface area contributed by atoms with E-state index in [4.69, 9.17) is 0 Å². The summed E-state index contributed by atoms with van der Waals surface area (Å²) in [5.74, 6) is -0.0305. The second-order valence-electron chi connectivity index (χ2n) is 3.28. The number of hydrogen-bond acceptors (Lipinski definition) is 3. The minimum Gasteiger partial charge on any atom is -0.293 e. The molecule has 1 aromatic heterocycles. The first-order valence-corrected chi connectivity index (χ1v) is 7.53. The molecule has 17 heavy (non-hydrogen) atoms. The number of benzene rings is 1. The zero-order chi connectivity index (χ0) is 12.3. The maximum absolute atomic E-state index is 13.3. The maximum Gasteiger partial charge on any atom is 0.175 e. The average Bonchev–Trinajstić information content (AvgIpc) is 2.74. The van der Waals surface area contributed by atoms with Gasteiger partial charge < -0.3 is 0 Å². The van der Waals surface area contributed by atoms with Crippen molar-refractivity contribution in [1.82, 2.24) is 0 Å². The normalized spacial score (nSPS) is 10.5. The SMILES string of the molecule is O=C(CSc1ccccc1F)c1cscc1Br. The fourth-order valence-corrected chi connectivity index (χ4v) is 3.61. The van der Waals surface area contributed by atoms with E-state index in [1.54, 1.807) is 23.6 Å².